The van der Waals surface area contributed by atoms with Crippen LogP contribution in [0.15, 0.2) is 4.42 Å². The molecular formula is C20H33N5O2. The maximum Gasteiger partial charge on any atom is 0.230 e. The van der Waals surface area contributed by atoms with Crippen LogP contribution in [0.5, 0.6) is 0 Å². The number of amides is 1. The van der Waals surface area contributed by atoms with Gasteiger partial charge in [0.15, 0.2) is 0 Å². The van der Waals surface area contributed by atoms with Gasteiger partial charge in [-0.2, -0.15) is 0 Å². The minimum atomic E-state index is 0.223. The number of hydrogen-bond acceptors (Lipinski definition) is 6. The van der Waals surface area contributed by atoms with Crippen molar-refractivity contribution in [1.29, 1.82) is 0 Å². The predicted molar refractivity (Wildman–Crippen MR) is 102 cm³/mol. The van der Waals surface area contributed by atoms with Crippen LogP contribution >= 0.6 is 0 Å². The summed E-state index contributed by atoms with van der Waals surface area (Å²) in [5, 5.41) is 8.20. The van der Waals surface area contributed by atoms with Crippen molar-refractivity contribution in [3.8, 4) is 0 Å². The molecule has 27 heavy (non-hydrogen) atoms. The first-order valence-electron chi connectivity index (χ1n) is 10.8. The SMILES string of the molecule is CCc1nnc(CN2CCC(N3CCC[C@@H](C(=O)N4CCCC4)C3)CC2)o1. The summed E-state index contributed by atoms with van der Waals surface area (Å²) in [5.41, 5.74) is 0. The van der Waals surface area contributed by atoms with Gasteiger partial charge in [0.25, 0.3) is 0 Å². The molecule has 0 N–H and O–H groups in total. The second-order valence-corrected chi connectivity index (χ2v) is 8.32. The van der Waals surface area contributed by atoms with Crippen molar-refractivity contribution < 1.29 is 9.21 Å². The van der Waals surface area contributed by atoms with E-state index >= 15 is 0 Å². The van der Waals surface area contributed by atoms with Gasteiger partial charge < -0.3 is 9.32 Å². The van der Waals surface area contributed by atoms with Gasteiger partial charge in [-0.15, -0.1) is 10.2 Å². The van der Waals surface area contributed by atoms with Crippen molar-refractivity contribution in [2.24, 2.45) is 5.92 Å². The van der Waals surface area contributed by atoms with Gasteiger partial charge in [-0.05, 0) is 45.1 Å². The average Bonchev–Trinajstić information content (AvgIpc) is 3.40. The Labute approximate surface area is 162 Å². The minimum absolute atomic E-state index is 0.223. The fraction of sp³-hybridized carbons (Fsp3) is 0.850. The maximum atomic E-state index is 12.8. The summed E-state index contributed by atoms with van der Waals surface area (Å²) in [4.78, 5) is 19.9. The fourth-order valence-corrected chi connectivity index (χ4v) is 4.86. The van der Waals surface area contributed by atoms with Gasteiger partial charge in [0.05, 0.1) is 12.5 Å². The van der Waals surface area contributed by atoms with Crippen molar-refractivity contribution in [3.63, 3.8) is 0 Å². The first-order chi connectivity index (χ1) is 13.2. The Morgan fingerprint density at radius 2 is 1.74 bits per heavy atom. The number of likely N-dealkylation sites (tertiary alicyclic amines) is 3. The number of nitrogens with zero attached hydrogens (tertiary/aromatic N) is 5. The molecule has 3 fully saturated rings. The Morgan fingerprint density at radius 3 is 2.44 bits per heavy atom. The van der Waals surface area contributed by atoms with Crippen LogP contribution < -0.4 is 0 Å². The molecule has 3 aliphatic rings. The molecule has 0 saturated carbocycles. The van der Waals surface area contributed by atoms with Crippen LogP contribution in [0.3, 0.4) is 0 Å². The van der Waals surface area contributed by atoms with E-state index in [1.807, 2.05) is 6.92 Å². The second-order valence-electron chi connectivity index (χ2n) is 8.32. The molecule has 7 heteroatoms. The second kappa shape index (κ2) is 8.69. The summed E-state index contributed by atoms with van der Waals surface area (Å²) in [6.07, 6.45) is 7.72. The lowest BCUT2D eigenvalue weighted by molar-refractivity contribution is -0.136. The Kier molecular flexibility index (Phi) is 6.08. The summed E-state index contributed by atoms with van der Waals surface area (Å²) >= 11 is 0. The number of rotatable bonds is 5. The monoisotopic (exact) mass is 375 g/mol. The Bertz CT molecular complexity index is 620. The van der Waals surface area contributed by atoms with E-state index < -0.39 is 0 Å². The Morgan fingerprint density at radius 1 is 1.00 bits per heavy atom. The van der Waals surface area contributed by atoms with Gasteiger partial charge >= 0.3 is 0 Å². The third-order valence-corrected chi connectivity index (χ3v) is 6.46. The van der Waals surface area contributed by atoms with Gasteiger partial charge in [0, 0.05) is 45.2 Å². The predicted octanol–water partition coefficient (Wildman–Crippen LogP) is 1.93. The van der Waals surface area contributed by atoms with Crippen LogP contribution in [0.4, 0.5) is 0 Å². The highest BCUT2D eigenvalue weighted by atomic mass is 16.4. The topological polar surface area (TPSA) is 65.7 Å². The molecule has 1 atom stereocenters. The van der Waals surface area contributed by atoms with Gasteiger partial charge in [-0.3, -0.25) is 14.6 Å². The highest BCUT2D eigenvalue weighted by Crippen LogP contribution is 2.26. The minimum Gasteiger partial charge on any atom is -0.424 e. The lowest BCUT2D eigenvalue weighted by Gasteiger charge is -2.42. The molecule has 0 radical (unpaired) electrons. The van der Waals surface area contributed by atoms with Gasteiger partial charge in [-0.25, -0.2) is 0 Å². The molecule has 0 unspecified atom stereocenters. The van der Waals surface area contributed by atoms with E-state index in [4.69, 9.17) is 4.42 Å². The molecule has 0 aromatic carbocycles. The largest absolute Gasteiger partial charge is 0.424 e. The van der Waals surface area contributed by atoms with E-state index in [0.717, 1.165) is 76.9 Å². The lowest BCUT2D eigenvalue weighted by Crippen LogP contribution is -2.51. The molecule has 4 heterocycles. The molecule has 1 amide bonds. The van der Waals surface area contributed by atoms with E-state index in [2.05, 4.69) is 24.9 Å². The van der Waals surface area contributed by atoms with E-state index in [9.17, 15) is 4.79 Å². The molecule has 0 spiro atoms. The standard InChI is InChI=1S/C20H33N5O2/c1-2-18-21-22-19(27-18)15-23-12-7-17(8-13-23)25-11-5-6-16(14-25)20(26)24-9-3-4-10-24/h16-17H,2-15H2,1H3/t16-/m1/s1. The number of aryl methyl sites for hydroxylation is 1. The number of aromatic nitrogens is 2. The zero-order valence-electron chi connectivity index (χ0n) is 16.6. The Balaban J connectivity index is 1.25. The number of hydrogen-bond donors (Lipinski definition) is 0. The van der Waals surface area contributed by atoms with Gasteiger partial charge in [0.2, 0.25) is 17.7 Å². The molecule has 0 aliphatic carbocycles. The van der Waals surface area contributed by atoms with E-state index in [1.165, 1.54) is 25.7 Å². The van der Waals surface area contributed by atoms with Crippen molar-refractivity contribution >= 4 is 5.91 Å². The molecular weight excluding hydrogens is 342 g/mol. The average molecular weight is 376 g/mol. The summed E-state index contributed by atoms with van der Waals surface area (Å²) in [6.45, 7) is 8.98. The van der Waals surface area contributed by atoms with Crippen LogP contribution in [-0.4, -0.2) is 76.1 Å². The smallest absolute Gasteiger partial charge is 0.230 e. The van der Waals surface area contributed by atoms with E-state index in [0.29, 0.717) is 11.9 Å². The Hall–Kier alpha value is -1.47. The molecule has 3 saturated heterocycles. The molecule has 0 bridgehead atoms. The zero-order chi connectivity index (χ0) is 18.6. The zero-order valence-corrected chi connectivity index (χ0v) is 16.6. The van der Waals surface area contributed by atoms with Crippen molar-refractivity contribution in [2.45, 2.75) is 64.5 Å². The highest BCUT2D eigenvalue weighted by molar-refractivity contribution is 5.79. The molecule has 150 valence electrons. The van der Waals surface area contributed by atoms with Crippen molar-refractivity contribution in [1.82, 2.24) is 24.9 Å². The quantitative estimate of drug-likeness (QED) is 0.784. The first-order valence-corrected chi connectivity index (χ1v) is 10.8. The molecule has 3 aliphatic heterocycles. The number of carbonyl (C=O) groups is 1. The number of piperidine rings is 2. The van der Waals surface area contributed by atoms with Crippen LogP contribution in [-0.2, 0) is 17.8 Å². The summed E-state index contributed by atoms with van der Waals surface area (Å²) < 4.78 is 5.65. The summed E-state index contributed by atoms with van der Waals surface area (Å²) in [6, 6.07) is 0.615. The molecule has 7 nitrogen and oxygen atoms in total. The molecule has 4 rings (SSSR count). The third-order valence-electron chi connectivity index (χ3n) is 6.46. The van der Waals surface area contributed by atoms with Gasteiger partial charge in [-0.1, -0.05) is 6.92 Å². The van der Waals surface area contributed by atoms with Crippen molar-refractivity contribution in [2.75, 3.05) is 39.3 Å². The van der Waals surface area contributed by atoms with E-state index in [1.54, 1.807) is 0 Å². The van der Waals surface area contributed by atoms with Gasteiger partial charge in [0.1, 0.15) is 0 Å². The van der Waals surface area contributed by atoms with Crippen LogP contribution in [0.25, 0.3) is 0 Å². The number of carbonyl (C=O) groups excluding carboxylic acids is 1. The van der Waals surface area contributed by atoms with Crippen LogP contribution in [0.2, 0.25) is 0 Å². The molecule has 1 aromatic rings. The lowest BCUT2D eigenvalue weighted by atomic mass is 9.93. The van der Waals surface area contributed by atoms with Crippen LogP contribution in [0, 0.1) is 5.92 Å². The highest BCUT2D eigenvalue weighted by Gasteiger charge is 2.34. The van der Waals surface area contributed by atoms with Crippen LogP contribution in [0.1, 0.15) is 57.2 Å². The van der Waals surface area contributed by atoms with Crippen molar-refractivity contribution in [3.05, 3.63) is 11.8 Å². The summed E-state index contributed by atoms with van der Waals surface area (Å²) in [5.74, 6) is 2.10. The fourth-order valence-electron chi connectivity index (χ4n) is 4.86. The normalized spacial score (nSPS) is 26.0. The molecule has 1 aromatic heterocycles. The third kappa shape index (κ3) is 4.51. The van der Waals surface area contributed by atoms with E-state index in [-0.39, 0.29) is 5.92 Å². The summed E-state index contributed by atoms with van der Waals surface area (Å²) in [7, 11) is 0. The first kappa shape index (κ1) is 18.9. The maximum absolute atomic E-state index is 12.8.